The van der Waals surface area contributed by atoms with E-state index < -0.39 is 0 Å². The Hall–Kier alpha value is -1.08. The summed E-state index contributed by atoms with van der Waals surface area (Å²) in [5, 5.41) is 0. The van der Waals surface area contributed by atoms with Crippen LogP contribution in [0, 0.1) is 12.8 Å². The van der Waals surface area contributed by atoms with Crippen LogP contribution in [0.4, 0.5) is 0 Å². The molecule has 16 heavy (non-hydrogen) atoms. The highest BCUT2D eigenvalue weighted by molar-refractivity contribution is 5.68. The van der Waals surface area contributed by atoms with Gasteiger partial charge in [0.2, 0.25) is 0 Å². The van der Waals surface area contributed by atoms with Crippen molar-refractivity contribution in [1.29, 1.82) is 0 Å². The minimum absolute atomic E-state index is 0.649. The second-order valence-electron chi connectivity index (χ2n) is 4.78. The quantitative estimate of drug-likeness (QED) is 0.731. The van der Waals surface area contributed by atoms with Crippen molar-refractivity contribution >= 4 is 5.57 Å². The van der Waals surface area contributed by atoms with Crippen LogP contribution < -0.4 is 0 Å². The molecular weight excluding hydrogens is 194 g/mol. The molecule has 1 atom stereocenters. The molecule has 0 bridgehead atoms. The van der Waals surface area contributed by atoms with Gasteiger partial charge in [0.25, 0.3) is 0 Å². The molecule has 0 aromatic heterocycles. The molecule has 0 amide bonds. The predicted molar refractivity (Wildman–Crippen MR) is 70.4 cm³/mol. The first-order chi connectivity index (χ1) is 7.70. The Kier molecular flexibility index (Phi) is 3.45. The number of hydrogen-bond donors (Lipinski definition) is 0. The van der Waals surface area contributed by atoms with Gasteiger partial charge in [0, 0.05) is 13.1 Å². The smallest absolute Gasteiger partial charge is 0.0169 e. The van der Waals surface area contributed by atoms with Gasteiger partial charge in [-0.05, 0) is 30.5 Å². The highest BCUT2D eigenvalue weighted by Gasteiger charge is 2.18. The molecule has 1 aromatic rings. The fourth-order valence-corrected chi connectivity index (χ4v) is 2.47. The van der Waals surface area contributed by atoms with Crippen molar-refractivity contribution in [2.45, 2.75) is 20.8 Å². The van der Waals surface area contributed by atoms with Crippen molar-refractivity contribution in [3.63, 3.8) is 0 Å². The predicted octanol–water partition coefficient (Wildman–Crippen LogP) is 3.35. The average molecular weight is 215 g/mol. The lowest BCUT2D eigenvalue weighted by Gasteiger charge is -2.30. The molecule has 0 N–H and O–H groups in total. The van der Waals surface area contributed by atoms with Crippen LogP contribution in [0.15, 0.2) is 30.3 Å². The SMILES string of the molecule is CCN1CC=C(c2cccc(C)c2)[C@H](C)C1. The third-order valence-corrected chi connectivity index (χ3v) is 3.43. The Bertz CT molecular complexity index is 392. The van der Waals surface area contributed by atoms with E-state index in [2.05, 4.69) is 56.0 Å². The second kappa shape index (κ2) is 4.84. The first kappa shape index (κ1) is 11.4. The minimum atomic E-state index is 0.649. The Balaban J connectivity index is 2.25. The summed E-state index contributed by atoms with van der Waals surface area (Å²) in [7, 11) is 0. The second-order valence-corrected chi connectivity index (χ2v) is 4.78. The van der Waals surface area contributed by atoms with Gasteiger partial charge >= 0.3 is 0 Å². The molecule has 0 radical (unpaired) electrons. The van der Waals surface area contributed by atoms with E-state index in [1.165, 1.54) is 23.2 Å². The van der Waals surface area contributed by atoms with Crippen LogP contribution in [0.2, 0.25) is 0 Å². The van der Waals surface area contributed by atoms with Gasteiger partial charge in [-0.3, -0.25) is 4.90 Å². The molecule has 1 heterocycles. The molecule has 0 unspecified atom stereocenters. The molecule has 0 aliphatic carbocycles. The van der Waals surface area contributed by atoms with E-state index >= 15 is 0 Å². The van der Waals surface area contributed by atoms with Crippen LogP contribution in [-0.4, -0.2) is 24.5 Å². The van der Waals surface area contributed by atoms with Gasteiger partial charge in [-0.1, -0.05) is 49.8 Å². The van der Waals surface area contributed by atoms with E-state index in [4.69, 9.17) is 0 Å². The Morgan fingerprint density at radius 1 is 1.38 bits per heavy atom. The Labute approximate surface area is 98.8 Å². The first-order valence-corrected chi connectivity index (χ1v) is 6.20. The molecular formula is C15H21N. The molecule has 86 valence electrons. The number of aryl methyl sites for hydroxylation is 1. The summed E-state index contributed by atoms with van der Waals surface area (Å²) in [6.07, 6.45) is 2.40. The van der Waals surface area contributed by atoms with Crippen LogP contribution in [-0.2, 0) is 0 Å². The van der Waals surface area contributed by atoms with Crippen LogP contribution in [0.1, 0.15) is 25.0 Å². The third kappa shape index (κ3) is 2.35. The van der Waals surface area contributed by atoms with Crippen molar-refractivity contribution < 1.29 is 0 Å². The Morgan fingerprint density at radius 3 is 2.81 bits per heavy atom. The number of rotatable bonds is 2. The lowest BCUT2D eigenvalue weighted by Crippen LogP contribution is -2.32. The van der Waals surface area contributed by atoms with Crippen LogP contribution in [0.5, 0.6) is 0 Å². The fourth-order valence-electron chi connectivity index (χ4n) is 2.47. The van der Waals surface area contributed by atoms with Crippen molar-refractivity contribution in [1.82, 2.24) is 4.90 Å². The summed E-state index contributed by atoms with van der Waals surface area (Å²) < 4.78 is 0. The molecule has 0 spiro atoms. The lowest BCUT2D eigenvalue weighted by atomic mass is 9.90. The molecule has 0 fully saturated rings. The summed E-state index contributed by atoms with van der Waals surface area (Å²) >= 11 is 0. The van der Waals surface area contributed by atoms with Gasteiger partial charge in [0.05, 0.1) is 0 Å². The zero-order chi connectivity index (χ0) is 11.5. The van der Waals surface area contributed by atoms with E-state index in [-0.39, 0.29) is 0 Å². The van der Waals surface area contributed by atoms with Gasteiger partial charge in [-0.15, -0.1) is 0 Å². The molecule has 1 aliphatic heterocycles. The summed E-state index contributed by atoms with van der Waals surface area (Å²) in [6.45, 7) is 10.2. The maximum Gasteiger partial charge on any atom is 0.0169 e. The van der Waals surface area contributed by atoms with E-state index in [1.807, 2.05) is 0 Å². The molecule has 1 heteroatoms. The van der Waals surface area contributed by atoms with E-state index in [0.717, 1.165) is 13.1 Å². The van der Waals surface area contributed by atoms with Crippen LogP contribution in [0.25, 0.3) is 5.57 Å². The van der Waals surface area contributed by atoms with Crippen LogP contribution >= 0.6 is 0 Å². The largest absolute Gasteiger partial charge is 0.299 e. The van der Waals surface area contributed by atoms with Crippen LogP contribution in [0.3, 0.4) is 0 Å². The average Bonchev–Trinajstić information content (AvgIpc) is 2.28. The van der Waals surface area contributed by atoms with Gasteiger partial charge in [-0.2, -0.15) is 0 Å². The van der Waals surface area contributed by atoms with Crippen molar-refractivity contribution in [3.05, 3.63) is 41.5 Å². The zero-order valence-electron chi connectivity index (χ0n) is 10.5. The summed E-state index contributed by atoms with van der Waals surface area (Å²) in [5.74, 6) is 0.649. The van der Waals surface area contributed by atoms with Gasteiger partial charge in [0.1, 0.15) is 0 Å². The number of nitrogens with zero attached hydrogens (tertiary/aromatic N) is 1. The minimum Gasteiger partial charge on any atom is -0.299 e. The summed E-state index contributed by atoms with van der Waals surface area (Å²) in [6, 6.07) is 8.85. The molecule has 1 aromatic carbocycles. The first-order valence-electron chi connectivity index (χ1n) is 6.20. The van der Waals surface area contributed by atoms with Crippen molar-refractivity contribution in [2.24, 2.45) is 5.92 Å². The highest BCUT2D eigenvalue weighted by Crippen LogP contribution is 2.27. The molecule has 2 rings (SSSR count). The summed E-state index contributed by atoms with van der Waals surface area (Å²) in [4.78, 5) is 2.49. The Morgan fingerprint density at radius 2 is 2.19 bits per heavy atom. The normalized spacial score (nSPS) is 21.9. The maximum absolute atomic E-state index is 2.49. The topological polar surface area (TPSA) is 3.24 Å². The standard InChI is InChI=1S/C15H21N/c1-4-16-9-8-15(13(3)11-16)14-7-5-6-12(2)10-14/h5-8,10,13H,4,9,11H2,1-3H3/t13-/m1/s1. The van der Waals surface area contributed by atoms with Gasteiger partial charge in [0.15, 0.2) is 0 Å². The molecule has 1 aliphatic rings. The number of likely N-dealkylation sites (N-methyl/N-ethyl adjacent to an activating group) is 1. The third-order valence-electron chi connectivity index (χ3n) is 3.43. The monoisotopic (exact) mass is 215 g/mol. The number of benzene rings is 1. The summed E-state index contributed by atoms with van der Waals surface area (Å²) in [5.41, 5.74) is 4.28. The highest BCUT2D eigenvalue weighted by atomic mass is 15.1. The molecule has 0 saturated carbocycles. The zero-order valence-corrected chi connectivity index (χ0v) is 10.5. The maximum atomic E-state index is 2.49. The number of hydrogen-bond acceptors (Lipinski definition) is 1. The lowest BCUT2D eigenvalue weighted by molar-refractivity contribution is 0.286. The van der Waals surface area contributed by atoms with E-state index in [0.29, 0.717) is 5.92 Å². The molecule has 0 saturated heterocycles. The van der Waals surface area contributed by atoms with Crippen molar-refractivity contribution in [3.8, 4) is 0 Å². The van der Waals surface area contributed by atoms with E-state index in [1.54, 1.807) is 0 Å². The van der Waals surface area contributed by atoms with Gasteiger partial charge < -0.3 is 0 Å². The van der Waals surface area contributed by atoms with Crippen molar-refractivity contribution in [2.75, 3.05) is 19.6 Å². The van der Waals surface area contributed by atoms with E-state index in [9.17, 15) is 0 Å². The van der Waals surface area contributed by atoms with Gasteiger partial charge in [-0.25, -0.2) is 0 Å². The fraction of sp³-hybridized carbons (Fsp3) is 0.467. The molecule has 1 nitrogen and oxygen atoms in total.